The van der Waals surface area contributed by atoms with Crippen molar-refractivity contribution in [2.24, 2.45) is 0 Å². The quantitative estimate of drug-likeness (QED) is 0.790. The van der Waals surface area contributed by atoms with Gasteiger partial charge in [-0.2, -0.15) is 0 Å². The van der Waals surface area contributed by atoms with Gasteiger partial charge >= 0.3 is 0 Å². The van der Waals surface area contributed by atoms with Gasteiger partial charge in [-0.1, -0.05) is 0 Å². The predicted octanol–water partition coefficient (Wildman–Crippen LogP) is 2.17. The van der Waals surface area contributed by atoms with Gasteiger partial charge in [-0.15, -0.1) is 11.3 Å². The number of aromatic nitrogens is 2. The maximum Gasteiger partial charge on any atom is 0.187 e. The van der Waals surface area contributed by atoms with Crippen LogP contribution in [0.1, 0.15) is 5.69 Å². The van der Waals surface area contributed by atoms with Gasteiger partial charge in [0.05, 0.1) is 5.69 Å². The Morgan fingerprint density at radius 1 is 1.50 bits per heavy atom. The number of pyridine rings is 1. The van der Waals surface area contributed by atoms with E-state index in [-0.39, 0.29) is 0 Å². The van der Waals surface area contributed by atoms with Crippen LogP contribution in [0.4, 0.5) is 16.6 Å². The molecule has 0 aromatic carbocycles. The molecule has 3 N–H and O–H groups in total. The molecule has 2 aromatic rings. The van der Waals surface area contributed by atoms with E-state index in [9.17, 15) is 0 Å². The van der Waals surface area contributed by atoms with Crippen LogP contribution in [0.3, 0.4) is 0 Å². The highest BCUT2D eigenvalue weighted by Crippen LogP contribution is 2.20. The molecule has 0 aliphatic rings. The largest absolute Gasteiger partial charge is 0.384 e. The summed E-state index contributed by atoms with van der Waals surface area (Å²) in [7, 11) is 0. The van der Waals surface area contributed by atoms with E-state index in [0.29, 0.717) is 5.82 Å². The Morgan fingerprint density at radius 2 is 2.36 bits per heavy atom. The molecule has 0 saturated heterocycles. The van der Waals surface area contributed by atoms with Gasteiger partial charge in [0.1, 0.15) is 5.82 Å². The predicted molar refractivity (Wildman–Crippen MR) is 58.8 cm³/mol. The maximum atomic E-state index is 5.55. The smallest absolute Gasteiger partial charge is 0.187 e. The number of nitrogens with one attached hydrogen (secondary N) is 1. The van der Waals surface area contributed by atoms with Crippen molar-refractivity contribution in [3.8, 4) is 0 Å². The summed E-state index contributed by atoms with van der Waals surface area (Å²) in [6.45, 7) is 1.96. The Balaban J connectivity index is 2.18. The summed E-state index contributed by atoms with van der Waals surface area (Å²) >= 11 is 1.57. The van der Waals surface area contributed by atoms with Gasteiger partial charge in [0, 0.05) is 23.3 Å². The van der Waals surface area contributed by atoms with Crippen molar-refractivity contribution in [3.05, 3.63) is 29.4 Å². The molecule has 0 bridgehead atoms. The first-order valence-electron chi connectivity index (χ1n) is 4.15. The number of hydrogen-bond donors (Lipinski definition) is 2. The number of rotatable bonds is 2. The first-order valence-corrected chi connectivity index (χ1v) is 5.03. The van der Waals surface area contributed by atoms with Crippen LogP contribution < -0.4 is 11.1 Å². The van der Waals surface area contributed by atoms with Gasteiger partial charge in [-0.25, -0.2) is 9.97 Å². The van der Waals surface area contributed by atoms with Gasteiger partial charge in [0.2, 0.25) is 0 Å². The van der Waals surface area contributed by atoms with Crippen molar-refractivity contribution < 1.29 is 0 Å². The molecule has 2 rings (SSSR count). The van der Waals surface area contributed by atoms with E-state index in [2.05, 4.69) is 15.3 Å². The second-order valence-corrected chi connectivity index (χ2v) is 3.75. The number of hydrogen-bond acceptors (Lipinski definition) is 5. The molecular weight excluding hydrogens is 196 g/mol. The van der Waals surface area contributed by atoms with Gasteiger partial charge in [-0.3, -0.25) is 0 Å². The molecule has 2 aromatic heterocycles. The van der Waals surface area contributed by atoms with Crippen molar-refractivity contribution in [2.75, 3.05) is 11.1 Å². The van der Waals surface area contributed by atoms with Gasteiger partial charge in [0.15, 0.2) is 5.13 Å². The zero-order valence-corrected chi connectivity index (χ0v) is 8.51. The fraction of sp³-hybridized carbons (Fsp3) is 0.111. The fourth-order valence-corrected chi connectivity index (χ4v) is 1.77. The average molecular weight is 206 g/mol. The van der Waals surface area contributed by atoms with Crippen LogP contribution >= 0.6 is 11.3 Å². The molecule has 72 valence electrons. The van der Waals surface area contributed by atoms with Gasteiger partial charge in [0.25, 0.3) is 0 Å². The Morgan fingerprint density at radius 3 is 3.00 bits per heavy atom. The molecule has 0 atom stereocenters. The molecule has 5 heteroatoms. The van der Waals surface area contributed by atoms with E-state index >= 15 is 0 Å². The van der Waals surface area contributed by atoms with Crippen LogP contribution in [0.2, 0.25) is 0 Å². The standard InChI is InChI=1S/C9H10N4S/c1-6-5-14-9(12-6)13-7-2-3-11-8(10)4-7/h2-5H,1H3,(H3,10,11,12,13). The number of aryl methyl sites for hydroxylation is 1. The zero-order chi connectivity index (χ0) is 9.97. The highest BCUT2D eigenvalue weighted by Gasteiger charge is 1.99. The number of nitrogens with two attached hydrogens (primary N) is 1. The molecule has 0 unspecified atom stereocenters. The van der Waals surface area contributed by atoms with Crippen molar-refractivity contribution in [2.45, 2.75) is 6.92 Å². The summed E-state index contributed by atoms with van der Waals surface area (Å²) in [5.41, 5.74) is 7.47. The lowest BCUT2D eigenvalue weighted by atomic mass is 10.4. The Hall–Kier alpha value is -1.62. The minimum absolute atomic E-state index is 0.503. The topological polar surface area (TPSA) is 63.8 Å². The average Bonchev–Trinajstić information content (AvgIpc) is 2.51. The van der Waals surface area contributed by atoms with Gasteiger partial charge < -0.3 is 11.1 Å². The molecule has 0 saturated carbocycles. The summed E-state index contributed by atoms with van der Waals surface area (Å²) in [5.74, 6) is 0.503. The number of nitrogens with zero attached hydrogens (tertiary/aromatic N) is 2. The monoisotopic (exact) mass is 206 g/mol. The normalized spacial score (nSPS) is 10.1. The third kappa shape index (κ3) is 2.00. The molecule has 4 nitrogen and oxygen atoms in total. The molecule has 0 spiro atoms. The molecule has 0 aliphatic heterocycles. The van der Waals surface area contributed by atoms with E-state index in [4.69, 9.17) is 5.73 Å². The highest BCUT2D eigenvalue weighted by molar-refractivity contribution is 7.13. The summed E-state index contributed by atoms with van der Waals surface area (Å²) in [6.07, 6.45) is 1.66. The SMILES string of the molecule is Cc1csc(Nc2ccnc(N)c2)n1. The summed E-state index contributed by atoms with van der Waals surface area (Å²) in [4.78, 5) is 8.19. The van der Waals surface area contributed by atoms with E-state index in [1.54, 1.807) is 23.6 Å². The molecule has 2 heterocycles. The van der Waals surface area contributed by atoms with E-state index in [1.807, 2.05) is 18.4 Å². The number of nitrogen functional groups attached to an aromatic ring is 1. The van der Waals surface area contributed by atoms with E-state index in [1.165, 1.54) is 0 Å². The van der Waals surface area contributed by atoms with Crippen molar-refractivity contribution >= 4 is 28.0 Å². The number of thiazole rings is 1. The maximum absolute atomic E-state index is 5.55. The van der Waals surface area contributed by atoms with Crippen molar-refractivity contribution in [1.82, 2.24) is 9.97 Å². The Kier molecular flexibility index (Phi) is 2.32. The summed E-state index contributed by atoms with van der Waals surface area (Å²) in [6, 6.07) is 3.63. The van der Waals surface area contributed by atoms with Crippen LogP contribution in [-0.2, 0) is 0 Å². The first-order chi connectivity index (χ1) is 6.74. The van der Waals surface area contributed by atoms with Crippen molar-refractivity contribution in [3.63, 3.8) is 0 Å². The fourth-order valence-electron chi connectivity index (χ4n) is 1.06. The lowest BCUT2D eigenvalue weighted by Gasteiger charge is -2.01. The summed E-state index contributed by atoms with van der Waals surface area (Å²) in [5, 5.41) is 6.01. The Labute approximate surface area is 85.8 Å². The molecular formula is C9H10N4S. The first kappa shape index (κ1) is 8.96. The highest BCUT2D eigenvalue weighted by atomic mass is 32.1. The van der Waals surface area contributed by atoms with Crippen LogP contribution in [0.5, 0.6) is 0 Å². The summed E-state index contributed by atoms with van der Waals surface area (Å²) < 4.78 is 0. The second-order valence-electron chi connectivity index (χ2n) is 2.89. The third-order valence-electron chi connectivity index (χ3n) is 1.65. The third-order valence-corrected chi connectivity index (χ3v) is 2.53. The van der Waals surface area contributed by atoms with Crippen LogP contribution in [0.25, 0.3) is 0 Å². The van der Waals surface area contributed by atoms with E-state index in [0.717, 1.165) is 16.5 Å². The van der Waals surface area contributed by atoms with Crippen molar-refractivity contribution in [1.29, 1.82) is 0 Å². The minimum Gasteiger partial charge on any atom is -0.384 e. The van der Waals surface area contributed by atoms with Crippen LogP contribution in [0.15, 0.2) is 23.7 Å². The molecule has 0 fully saturated rings. The zero-order valence-electron chi connectivity index (χ0n) is 7.69. The second kappa shape index (κ2) is 3.63. The van der Waals surface area contributed by atoms with E-state index < -0.39 is 0 Å². The lowest BCUT2D eigenvalue weighted by Crippen LogP contribution is -1.93. The molecule has 0 aliphatic carbocycles. The molecule has 0 amide bonds. The number of anilines is 3. The minimum atomic E-state index is 0.503. The van der Waals surface area contributed by atoms with Crippen LogP contribution in [0, 0.1) is 6.92 Å². The Bertz CT molecular complexity index is 438. The lowest BCUT2D eigenvalue weighted by molar-refractivity contribution is 1.26. The molecule has 14 heavy (non-hydrogen) atoms. The van der Waals surface area contributed by atoms with Crippen LogP contribution in [-0.4, -0.2) is 9.97 Å². The molecule has 0 radical (unpaired) electrons. The van der Waals surface area contributed by atoms with Gasteiger partial charge in [-0.05, 0) is 13.0 Å².